The van der Waals surface area contributed by atoms with E-state index >= 15 is 0 Å². The van der Waals surface area contributed by atoms with E-state index in [0.717, 1.165) is 30.7 Å². The van der Waals surface area contributed by atoms with Gasteiger partial charge in [0.2, 0.25) is 0 Å². The van der Waals surface area contributed by atoms with Gasteiger partial charge in [0.05, 0.1) is 0 Å². The van der Waals surface area contributed by atoms with E-state index in [0.29, 0.717) is 24.0 Å². The minimum Gasteiger partial charge on any atom is -0.396 e. The number of hydrogen-bond acceptors (Lipinski definition) is 2. The fourth-order valence-electron chi connectivity index (χ4n) is 5.62. The van der Waals surface area contributed by atoms with Crippen LogP contribution in [0.3, 0.4) is 0 Å². The third-order valence-electron chi connectivity index (χ3n) is 6.40. The van der Waals surface area contributed by atoms with Crippen LogP contribution in [-0.4, -0.2) is 24.3 Å². The number of aliphatic hydroxyl groups is 1. The number of hydrogen-bond donors (Lipinski definition) is 2. The minimum absolute atomic E-state index is 0.328. The summed E-state index contributed by atoms with van der Waals surface area (Å²) in [7, 11) is 0. The van der Waals surface area contributed by atoms with Gasteiger partial charge in [-0.2, -0.15) is 0 Å². The molecule has 110 valence electrons. The Morgan fingerprint density at radius 3 is 2.05 bits per heavy atom. The molecule has 4 bridgehead atoms. The van der Waals surface area contributed by atoms with Gasteiger partial charge in [-0.15, -0.1) is 0 Å². The third-order valence-corrected chi connectivity index (χ3v) is 6.40. The lowest BCUT2D eigenvalue weighted by atomic mass is 9.48. The predicted octanol–water partition coefficient (Wildman–Crippen LogP) is 3.20. The molecule has 0 radical (unpaired) electrons. The molecule has 2 N–H and O–H groups in total. The highest BCUT2D eigenvalue weighted by Gasteiger charge is 2.52. The van der Waals surface area contributed by atoms with E-state index in [1.807, 2.05) is 0 Å². The van der Waals surface area contributed by atoms with Gasteiger partial charge < -0.3 is 10.4 Å². The Morgan fingerprint density at radius 2 is 1.58 bits per heavy atom. The van der Waals surface area contributed by atoms with Gasteiger partial charge in [0.1, 0.15) is 0 Å². The Kier molecular flexibility index (Phi) is 3.92. The molecule has 4 rings (SSSR count). The predicted molar refractivity (Wildman–Crippen MR) is 78.9 cm³/mol. The first kappa shape index (κ1) is 13.9. The van der Waals surface area contributed by atoms with Gasteiger partial charge in [-0.05, 0) is 87.5 Å². The van der Waals surface area contributed by atoms with Gasteiger partial charge in [0.15, 0.2) is 0 Å². The maximum atomic E-state index is 9.00. The first-order valence-electron chi connectivity index (χ1n) is 8.45. The van der Waals surface area contributed by atoms with Crippen molar-refractivity contribution in [2.24, 2.45) is 29.1 Å². The van der Waals surface area contributed by atoms with E-state index in [4.69, 9.17) is 5.11 Å². The average Bonchev–Trinajstić information content (AvgIpc) is 2.34. The molecule has 0 aliphatic heterocycles. The molecule has 0 spiro atoms. The summed E-state index contributed by atoms with van der Waals surface area (Å²) in [5.41, 5.74) is 0.619. The summed E-state index contributed by atoms with van der Waals surface area (Å²) in [5.74, 6) is 3.74. The van der Waals surface area contributed by atoms with Crippen LogP contribution in [0.4, 0.5) is 0 Å². The van der Waals surface area contributed by atoms with Crippen molar-refractivity contribution in [3.8, 4) is 0 Å². The summed E-state index contributed by atoms with van der Waals surface area (Å²) in [6.45, 7) is 6.08. The maximum absolute atomic E-state index is 9.00. The average molecular weight is 265 g/mol. The van der Waals surface area contributed by atoms with Crippen molar-refractivity contribution in [1.82, 2.24) is 5.32 Å². The highest BCUT2D eigenvalue weighted by atomic mass is 16.3. The van der Waals surface area contributed by atoms with E-state index in [9.17, 15) is 0 Å². The highest BCUT2D eigenvalue weighted by molar-refractivity contribution is 5.05. The molecule has 0 amide bonds. The van der Waals surface area contributed by atoms with Gasteiger partial charge in [0.25, 0.3) is 0 Å². The maximum Gasteiger partial charge on any atom is 0.0434 e. The molecule has 0 saturated heterocycles. The lowest BCUT2D eigenvalue weighted by Gasteiger charge is -2.59. The van der Waals surface area contributed by atoms with E-state index in [1.54, 1.807) is 0 Å². The zero-order chi connectivity index (χ0) is 13.5. The summed E-state index contributed by atoms with van der Waals surface area (Å²) in [6, 6.07) is 0.669. The first-order chi connectivity index (χ1) is 9.11. The van der Waals surface area contributed by atoms with Crippen molar-refractivity contribution in [2.75, 3.05) is 13.2 Å². The molecule has 0 aromatic heterocycles. The minimum atomic E-state index is 0.328. The van der Waals surface area contributed by atoms with Gasteiger partial charge in [-0.3, -0.25) is 0 Å². The van der Waals surface area contributed by atoms with E-state index in [1.165, 1.54) is 38.5 Å². The fourth-order valence-corrected chi connectivity index (χ4v) is 5.62. The molecule has 4 fully saturated rings. The van der Waals surface area contributed by atoms with Crippen molar-refractivity contribution in [2.45, 2.75) is 64.8 Å². The molecule has 4 aliphatic carbocycles. The smallest absolute Gasteiger partial charge is 0.0434 e. The van der Waals surface area contributed by atoms with E-state index in [2.05, 4.69) is 19.2 Å². The van der Waals surface area contributed by atoms with Gasteiger partial charge >= 0.3 is 0 Å². The van der Waals surface area contributed by atoms with Gasteiger partial charge in [-0.25, -0.2) is 0 Å². The van der Waals surface area contributed by atoms with Crippen LogP contribution >= 0.6 is 0 Å². The summed E-state index contributed by atoms with van der Waals surface area (Å²) in [5, 5.41) is 12.8. The first-order valence-corrected chi connectivity index (χ1v) is 8.45. The van der Waals surface area contributed by atoms with Crippen molar-refractivity contribution >= 4 is 0 Å². The lowest BCUT2D eigenvalue weighted by Crippen LogP contribution is -2.55. The summed E-state index contributed by atoms with van der Waals surface area (Å²) in [4.78, 5) is 0. The van der Waals surface area contributed by atoms with Crippen molar-refractivity contribution in [1.29, 1.82) is 0 Å². The van der Waals surface area contributed by atoms with E-state index < -0.39 is 0 Å². The lowest BCUT2D eigenvalue weighted by molar-refractivity contribution is -0.0708. The van der Waals surface area contributed by atoms with Crippen molar-refractivity contribution < 1.29 is 5.11 Å². The van der Waals surface area contributed by atoms with Gasteiger partial charge in [-0.1, -0.05) is 6.92 Å². The number of aliphatic hydroxyl groups excluding tert-OH is 1. The van der Waals surface area contributed by atoms with Crippen molar-refractivity contribution in [3.63, 3.8) is 0 Å². The molecule has 2 heteroatoms. The zero-order valence-corrected chi connectivity index (χ0v) is 12.7. The molecule has 2 atom stereocenters. The summed E-state index contributed by atoms with van der Waals surface area (Å²) in [6.07, 6.45) is 10.00. The van der Waals surface area contributed by atoms with Crippen LogP contribution in [0.15, 0.2) is 0 Å². The molecular weight excluding hydrogens is 234 g/mol. The zero-order valence-electron chi connectivity index (χ0n) is 12.7. The summed E-state index contributed by atoms with van der Waals surface area (Å²) < 4.78 is 0. The fraction of sp³-hybridized carbons (Fsp3) is 1.00. The van der Waals surface area contributed by atoms with Crippen molar-refractivity contribution in [3.05, 3.63) is 0 Å². The Labute approximate surface area is 118 Å². The highest BCUT2D eigenvalue weighted by Crippen LogP contribution is 2.61. The molecule has 0 aromatic carbocycles. The van der Waals surface area contributed by atoms with Crippen LogP contribution in [0.5, 0.6) is 0 Å². The van der Waals surface area contributed by atoms with Crippen LogP contribution in [0.2, 0.25) is 0 Å². The molecule has 2 nitrogen and oxygen atoms in total. The SMILES string of the molecule is CC(CCO)CNC(C)C12CC3CC(CC(C3)C1)C2. The molecule has 0 heterocycles. The monoisotopic (exact) mass is 265 g/mol. The summed E-state index contributed by atoms with van der Waals surface area (Å²) >= 11 is 0. The van der Waals surface area contributed by atoms with Gasteiger partial charge in [0, 0.05) is 12.6 Å². The van der Waals surface area contributed by atoms with Crippen LogP contribution in [0, 0.1) is 29.1 Å². The van der Waals surface area contributed by atoms with Crippen LogP contribution in [-0.2, 0) is 0 Å². The van der Waals surface area contributed by atoms with Crippen LogP contribution in [0.1, 0.15) is 58.8 Å². The Morgan fingerprint density at radius 1 is 1.05 bits per heavy atom. The van der Waals surface area contributed by atoms with Crippen LogP contribution < -0.4 is 5.32 Å². The molecule has 2 unspecified atom stereocenters. The molecule has 4 saturated carbocycles. The normalized spacial score (nSPS) is 43.4. The molecule has 0 aromatic rings. The third kappa shape index (κ3) is 2.71. The Hall–Kier alpha value is -0.0800. The molecule has 19 heavy (non-hydrogen) atoms. The quantitative estimate of drug-likeness (QED) is 0.773. The molecule has 4 aliphatic rings. The molecular formula is C17H31NO. The number of nitrogens with one attached hydrogen (secondary N) is 1. The van der Waals surface area contributed by atoms with Crippen LogP contribution in [0.25, 0.3) is 0 Å². The largest absolute Gasteiger partial charge is 0.396 e. The standard InChI is InChI=1S/C17H31NO/c1-12(3-4-19)11-18-13(2)17-8-14-5-15(9-17)7-16(6-14)10-17/h12-16,18-19H,3-11H2,1-2H3. The second kappa shape index (κ2) is 5.37. The Balaban J connectivity index is 1.58. The second-order valence-corrected chi connectivity index (χ2v) is 8.03. The second-order valence-electron chi connectivity index (χ2n) is 8.03. The van der Waals surface area contributed by atoms with E-state index in [-0.39, 0.29) is 0 Å². The number of rotatable bonds is 6. The Bertz CT molecular complexity index is 279. The topological polar surface area (TPSA) is 32.3 Å².